The van der Waals surface area contributed by atoms with Gasteiger partial charge in [0.2, 0.25) is 5.91 Å². The molecular weight excluding hydrogens is 769 g/mol. The number of methoxy groups -OCH3 is 1. The van der Waals surface area contributed by atoms with Crippen LogP contribution in [0.15, 0.2) is 40.9 Å². The molecule has 0 spiro atoms. The van der Waals surface area contributed by atoms with Crippen molar-refractivity contribution in [1.82, 2.24) is 30.1 Å². The quantitative estimate of drug-likeness (QED) is 0.166. The summed E-state index contributed by atoms with van der Waals surface area (Å²) in [4.78, 5) is 36.3. The fourth-order valence-electron chi connectivity index (χ4n) is 8.86. The average Bonchev–Trinajstić information content (AvgIpc) is 3.84. The van der Waals surface area contributed by atoms with Gasteiger partial charge in [0.1, 0.15) is 24.3 Å². The Hall–Kier alpha value is -4.25. The zero-order valence-corrected chi connectivity index (χ0v) is 37.1. The number of phenols is 1. The Morgan fingerprint density at radius 2 is 1.80 bits per heavy atom. The molecular formula is C43H64N8O7Si. The molecule has 3 saturated heterocycles. The Bertz CT molecular complexity index is 1930. The molecule has 59 heavy (non-hydrogen) atoms. The Morgan fingerprint density at radius 1 is 1.03 bits per heavy atom. The smallest absolute Gasteiger partial charge is 0.328 e. The number of carbonyl (C=O) groups is 2. The molecule has 2 aromatic heterocycles. The van der Waals surface area contributed by atoms with Crippen LogP contribution in [0.4, 0.5) is 11.5 Å². The Balaban J connectivity index is 0.867. The van der Waals surface area contributed by atoms with E-state index >= 15 is 0 Å². The van der Waals surface area contributed by atoms with Crippen LogP contribution in [-0.2, 0) is 18.8 Å². The molecule has 322 valence electrons. The summed E-state index contributed by atoms with van der Waals surface area (Å²) in [6, 6.07) is 10.7. The van der Waals surface area contributed by atoms with E-state index in [0.29, 0.717) is 54.4 Å². The molecule has 0 saturated carbocycles. The van der Waals surface area contributed by atoms with Crippen LogP contribution in [0.25, 0.3) is 11.3 Å². The Labute approximate surface area is 349 Å². The van der Waals surface area contributed by atoms with Crippen LogP contribution in [0.3, 0.4) is 0 Å². The zero-order valence-electron chi connectivity index (χ0n) is 36.1. The van der Waals surface area contributed by atoms with Gasteiger partial charge in [-0.2, -0.15) is 0 Å². The molecule has 1 amide bonds. The number of carbonyl (C=O) groups excluding carboxylic acids is 2. The second kappa shape index (κ2) is 17.8. The SMILES string of the molecule is COC(=O)[C@@H]1C[C@@H](O[Si](C)(C)C(C)(C)C)CN1C(=O)[C@@H](c1cc(OCCN2CCC(CN3CCN4c5cc(-c6ccccc6O)nnc5NC[C@H]4C3)CC2)no1)C(C)C. The van der Waals surface area contributed by atoms with Crippen molar-refractivity contribution in [1.29, 1.82) is 0 Å². The number of benzene rings is 1. The number of aromatic hydroxyl groups is 1. The van der Waals surface area contributed by atoms with Crippen molar-refractivity contribution in [2.24, 2.45) is 11.8 Å². The summed E-state index contributed by atoms with van der Waals surface area (Å²) in [5, 5.41) is 26.9. The highest BCUT2D eigenvalue weighted by atomic mass is 28.4. The number of amides is 1. The van der Waals surface area contributed by atoms with Crippen molar-refractivity contribution in [3.63, 3.8) is 0 Å². The predicted octanol–water partition coefficient (Wildman–Crippen LogP) is 5.45. The Morgan fingerprint density at radius 3 is 2.51 bits per heavy atom. The number of para-hydroxylation sites is 1. The van der Waals surface area contributed by atoms with E-state index in [-0.39, 0.29) is 28.7 Å². The number of rotatable bonds is 13. The lowest BCUT2D eigenvalue weighted by atomic mass is 9.91. The van der Waals surface area contributed by atoms with Crippen molar-refractivity contribution in [3.8, 4) is 22.9 Å². The van der Waals surface area contributed by atoms with E-state index in [1.165, 1.54) is 7.11 Å². The van der Waals surface area contributed by atoms with E-state index in [2.05, 4.69) is 75.3 Å². The minimum atomic E-state index is -2.13. The first kappa shape index (κ1) is 42.9. The van der Waals surface area contributed by atoms with Crippen LogP contribution in [0.2, 0.25) is 18.1 Å². The highest BCUT2D eigenvalue weighted by Crippen LogP contribution is 2.41. The summed E-state index contributed by atoms with van der Waals surface area (Å²) in [5.74, 6) is 1.07. The van der Waals surface area contributed by atoms with Gasteiger partial charge in [0.15, 0.2) is 19.9 Å². The molecule has 1 aromatic carbocycles. The van der Waals surface area contributed by atoms with Crippen molar-refractivity contribution in [2.75, 3.05) is 82.8 Å². The largest absolute Gasteiger partial charge is 0.507 e. The van der Waals surface area contributed by atoms with E-state index in [4.69, 9.17) is 18.4 Å². The first-order chi connectivity index (χ1) is 28.1. The minimum absolute atomic E-state index is 0.00275. The second-order valence-electron chi connectivity index (χ2n) is 18.7. The number of aromatic nitrogens is 3. The molecule has 4 aliphatic rings. The number of nitrogens with zero attached hydrogens (tertiary/aromatic N) is 7. The maximum Gasteiger partial charge on any atom is 0.328 e. The number of phenolic OH excluding ortho intramolecular Hbond substituents is 1. The molecule has 4 aliphatic heterocycles. The van der Waals surface area contributed by atoms with Crippen LogP contribution in [0.1, 0.15) is 65.6 Å². The number of hydrogen-bond acceptors (Lipinski definition) is 14. The third-order valence-electron chi connectivity index (χ3n) is 13.2. The third kappa shape index (κ3) is 9.55. The summed E-state index contributed by atoms with van der Waals surface area (Å²) < 4.78 is 23.6. The Kier molecular flexibility index (Phi) is 12.9. The topological polar surface area (TPSA) is 159 Å². The summed E-state index contributed by atoms with van der Waals surface area (Å²) in [6.45, 7) is 23.3. The van der Waals surface area contributed by atoms with E-state index < -0.39 is 26.2 Å². The lowest BCUT2D eigenvalue weighted by Gasteiger charge is -2.47. The van der Waals surface area contributed by atoms with Crippen LogP contribution in [0, 0.1) is 11.8 Å². The number of ether oxygens (including phenoxy) is 2. The van der Waals surface area contributed by atoms with Gasteiger partial charge in [-0.1, -0.05) is 46.8 Å². The normalized spacial score (nSPS) is 22.5. The molecule has 3 aromatic rings. The molecule has 0 radical (unpaired) electrons. The maximum atomic E-state index is 14.2. The van der Waals surface area contributed by atoms with Gasteiger partial charge >= 0.3 is 5.97 Å². The third-order valence-corrected chi connectivity index (χ3v) is 17.8. The monoisotopic (exact) mass is 832 g/mol. The zero-order chi connectivity index (χ0) is 42.1. The number of nitrogens with one attached hydrogen (secondary N) is 1. The van der Waals surface area contributed by atoms with Crippen LogP contribution in [0.5, 0.6) is 11.6 Å². The van der Waals surface area contributed by atoms with E-state index in [9.17, 15) is 14.7 Å². The van der Waals surface area contributed by atoms with E-state index in [0.717, 1.165) is 76.7 Å². The molecule has 16 heteroatoms. The summed E-state index contributed by atoms with van der Waals surface area (Å²) in [6.07, 6.45) is 2.44. The van der Waals surface area contributed by atoms with Gasteiger partial charge in [0.05, 0.1) is 30.6 Å². The fraction of sp³-hybridized carbons (Fsp3) is 0.651. The molecule has 3 fully saturated rings. The van der Waals surface area contributed by atoms with E-state index in [1.807, 2.05) is 32.0 Å². The van der Waals surface area contributed by atoms with Gasteiger partial charge in [-0.15, -0.1) is 10.2 Å². The first-order valence-electron chi connectivity index (χ1n) is 21.4. The first-order valence-corrected chi connectivity index (χ1v) is 24.3. The molecule has 0 aliphatic carbocycles. The van der Waals surface area contributed by atoms with Gasteiger partial charge in [0, 0.05) is 63.9 Å². The lowest BCUT2D eigenvalue weighted by Crippen LogP contribution is -2.58. The van der Waals surface area contributed by atoms with Crippen molar-refractivity contribution >= 4 is 31.7 Å². The number of piperidine rings is 1. The maximum absolute atomic E-state index is 14.2. The molecule has 2 N–H and O–H groups in total. The number of fused-ring (bicyclic) bond motifs is 3. The number of hydrogen-bond donors (Lipinski definition) is 2. The van der Waals surface area contributed by atoms with E-state index in [1.54, 1.807) is 17.0 Å². The van der Waals surface area contributed by atoms with Gasteiger partial charge < -0.3 is 38.6 Å². The molecule has 4 atom stereocenters. The van der Waals surface area contributed by atoms with Gasteiger partial charge in [-0.3, -0.25) is 14.6 Å². The number of anilines is 2. The van der Waals surface area contributed by atoms with Gasteiger partial charge in [0.25, 0.3) is 5.88 Å². The van der Waals surface area contributed by atoms with Crippen LogP contribution in [-0.4, -0.2) is 146 Å². The standard InChI is InChI=1S/C43H64N8O7Si/c1-28(2)39(41(53)51-27-31(21-35(51)42(54)55-6)58-59(7,8)43(3,4)5)37-23-38(47-57-37)56-20-19-48-15-13-29(14-16-48)25-49-17-18-50-30(26-49)24-44-40-34(50)22-33(45-46-40)32-11-9-10-12-36(32)52/h9-12,22-23,28-31,35,39,52H,13-21,24-27H2,1-8H3,(H,44,46)/t30-,31+,35-,39+/m0/s1. The fourth-order valence-corrected chi connectivity index (χ4v) is 10.2. The lowest BCUT2D eigenvalue weighted by molar-refractivity contribution is -0.152. The molecule has 6 heterocycles. The highest BCUT2D eigenvalue weighted by Gasteiger charge is 2.48. The number of esters is 1. The number of piperazine rings is 1. The second-order valence-corrected chi connectivity index (χ2v) is 23.4. The molecule has 7 rings (SSSR count). The minimum Gasteiger partial charge on any atom is -0.507 e. The summed E-state index contributed by atoms with van der Waals surface area (Å²) in [5.41, 5.74) is 2.42. The average molecular weight is 833 g/mol. The highest BCUT2D eigenvalue weighted by molar-refractivity contribution is 6.74. The number of likely N-dealkylation sites (tertiary alicyclic amines) is 2. The molecule has 0 unspecified atom stereocenters. The summed E-state index contributed by atoms with van der Waals surface area (Å²) >= 11 is 0. The van der Waals surface area contributed by atoms with Crippen molar-refractivity contribution in [2.45, 2.75) is 96.1 Å². The van der Waals surface area contributed by atoms with Crippen LogP contribution >= 0.6 is 0 Å². The molecule has 0 bridgehead atoms. The van der Waals surface area contributed by atoms with Crippen molar-refractivity contribution < 1.29 is 33.1 Å². The van der Waals surface area contributed by atoms with Gasteiger partial charge in [-0.05, 0) is 79.3 Å². The van der Waals surface area contributed by atoms with Crippen LogP contribution < -0.4 is 15.0 Å². The predicted molar refractivity (Wildman–Crippen MR) is 228 cm³/mol. The summed E-state index contributed by atoms with van der Waals surface area (Å²) in [7, 11) is -0.774. The van der Waals surface area contributed by atoms with Gasteiger partial charge in [-0.25, -0.2) is 4.79 Å². The molecule has 15 nitrogen and oxygen atoms in total. The van der Waals surface area contributed by atoms with Crippen molar-refractivity contribution in [3.05, 3.63) is 42.2 Å².